The second-order valence-corrected chi connectivity index (χ2v) is 9.52. The van der Waals surface area contributed by atoms with Crippen LogP contribution < -0.4 is 4.74 Å². The molecule has 4 N–H and O–H groups in total. The number of thioether (sulfide) groups is 1. The molecule has 6 nitrogen and oxygen atoms in total. The number of hydrogen-bond donors (Lipinski definition) is 4. The molecule has 1 saturated carbocycles. The van der Waals surface area contributed by atoms with Crippen LogP contribution in [0.25, 0.3) is 0 Å². The number of hydrogen-bond acceptors (Lipinski definition) is 6. The lowest BCUT2D eigenvalue weighted by Gasteiger charge is -2.24. The van der Waals surface area contributed by atoms with Gasteiger partial charge in [-0.25, -0.2) is 4.39 Å². The Bertz CT molecular complexity index is 643. The van der Waals surface area contributed by atoms with Gasteiger partial charge in [-0.3, -0.25) is 4.79 Å². The highest BCUT2D eigenvalue weighted by Crippen LogP contribution is 2.39. The fourth-order valence-electron chi connectivity index (χ4n) is 4.01. The number of aliphatic hydroxyl groups excluding tert-OH is 3. The van der Waals surface area contributed by atoms with Crippen LogP contribution in [0, 0.1) is 11.7 Å². The van der Waals surface area contributed by atoms with Crippen LogP contribution in [0.5, 0.6) is 5.75 Å². The summed E-state index contributed by atoms with van der Waals surface area (Å²) in [5.41, 5.74) is 0. The normalized spacial score (nSPS) is 24.3. The van der Waals surface area contributed by atoms with Gasteiger partial charge in [0.05, 0.1) is 18.3 Å². The highest BCUT2D eigenvalue weighted by atomic mass is 32.2. The molecule has 1 aliphatic rings. The molecule has 8 heteroatoms. The quantitative estimate of drug-likeness (QED) is 0.297. The minimum Gasteiger partial charge on any atom is -0.491 e. The van der Waals surface area contributed by atoms with Crippen LogP contribution in [0.3, 0.4) is 0 Å². The molecule has 1 aliphatic carbocycles. The molecule has 0 spiro atoms. The van der Waals surface area contributed by atoms with E-state index in [0.29, 0.717) is 17.9 Å². The lowest BCUT2D eigenvalue weighted by molar-refractivity contribution is -0.137. The summed E-state index contributed by atoms with van der Waals surface area (Å²) in [6, 6.07) is 5.61. The van der Waals surface area contributed by atoms with Crippen LogP contribution in [-0.2, 0) is 4.79 Å². The van der Waals surface area contributed by atoms with Crippen LogP contribution in [-0.4, -0.2) is 62.3 Å². The van der Waals surface area contributed by atoms with Crippen molar-refractivity contribution in [3.05, 3.63) is 30.1 Å². The van der Waals surface area contributed by atoms with Crippen LogP contribution in [0.1, 0.15) is 57.8 Å². The first-order chi connectivity index (χ1) is 14.9. The zero-order valence-corrected chi connectivity index (χ0v) is 18.7. The SMILES string of the molecule is O=C(O)CCCCCCCCC1C(O)CC(O)C1SCC(O)COc1ccc(F)cc1. The maximum absolute atomic E-state index is 12.9. The first-order valence-corrected chi connectivity index (χ1v) is 12.2. The van der Waals surface area contributed by atoms with Gasteiger partial charge in [0, 0.05) is 23.8 Å². The molecule has 0 saturated heterocycles. The van der Waals surface area contributed by atoms with Crippen molar-refractivity contribution >= 4 is 17.7 Å². The number of benzene rings is 1. The predicted molar refractivity (Wildman–Crippen MR) is 119 cm³/mol. The number of carbonyl (C=O) groups is 1. The molecule has 0 aromatic heterocycles. The standard InChI is InChI=1S/C23H35FO6S/c24-16-9-11-18(12-10-16)30-14-17(25)15-31-23-19(20(26)13-21(23)27)7-5-3-1-2-4-6-8-22(28)29/h9-12,17,19-21,23,25-27H,1-8,13-15H2,(H,28,29). The molecule has 0 aliphatic heterocycles. The maximum Gasteiger partial charge on any atom is 0.303 e. The molecule has 2 rings (SSSR count). The summed E-state index contributed by atoms with van der Waals surface area (Å²) in [5, 5.41) is 39.4. The summed E-state index contributed by atoms with van der Waals surface area (Å²) in [6.45, 7) is 0.0799. The minimum atomic E-state index is -0.746. The first-order valence-electron chi connectivity index (χ1n) is 11.1. The van der Waals surface area contributed by atoms with E-state index in [1.807, 2.05) is 0 Å². The summed E-state index contributed by atoms with van der Waals surface area (Å²) in [6.07, 6.45) is 5.25. The number of aliphatic hydroxyl groups is 3. The number of carboxylic acids is 1. The van der Waals surface area contributed by atoms with Gasteiger partial charge < -0.3 is 25.2 Å². The number of carboxylic acid groups (broad SMARTS) is 1. The molecule has 5 unspecified atom stereocenters. The zero-order valence-electron chi connectivity index (χ0n) is 17.9. The van der Waals surface area contributed by atoms with Gasteiger partial charge in [-0.15, -0.1) is 0 Å². The molecule has 31 heavy (non-hydrogen) atoms. The third kappa shape index (κ3) is 9.76. The molecule has 5 atom stereocenters. The lowest BCUT2D eigenvalue weighted by Crippen LogP contribution is -2.28. The van der Waals surface area contributed by atoms with Gasteiger partial charge in [0.1, 0.15) is 18.2 Å². The highest BCUT2D eigenvalue weighted by Gasteiger charge is 2.41. The topological polar surface area (TPSA) is 107 Å². The van der Waals surface area contributed by atoms with Crippen molar-refractivity contribution in [2.45, 2.75) is 81.3 Å². The van der Waals surface area contributed by atoms with E-state index in [2.05, 4.69) is 0 Å². The van der Waals surface area contributed by atoms with Crippen LogP contribution in [0.15, 0.2) is 24.3 Å². The zero-order chi connectivity index (χ0) is 22.6. The van der Waals surface area contributed by atoms with Crippen molar-refractivity contribution < 1.29 is 34.3 Å². The average Bonchev–Trinajstić information content (AvgIpc) is 3.00. The molecule has 1 fully saturated rings. The lowest BCUT2D eigenvalue weighted by atomic mass is 9.96. The van der Waals surface area contributed by atoms with Gasteiger partial charge >= 0.3 is 5.97 Å². The minimum absolute atomic E-state index is 0.00257. The maximum atomic E-state index is 12.9. The first kappa shape index (κ1) is 25.9. The Balaban J connectivity index is 1.65. The Labute approximate surface area is 187 Å². The summed E-state index contributed by atoms with van der Waals surface area (Å²) in [5.74, 6) is -0.221. The Hall–Kier alpha value is -1.35. The Kier molecular flexibility index (Phi) is 11.6. The Morgan fingerprint density at radius 3 is 2.39 bits per heavy atom. The van der Waals surface area contributed by atoms with Crippen molar-refractivity contribution in [3.8, 4) is 5.75 Å². The van der Waals surface area contributed by atoms with Gasteiger partial charge in [0.15, 0.2) is 0 Å². The second-order valence-electron chi connectivity index (χ2n) is 8.30. The van der Waals surface area contributed by atoms with Crippen molar-refractivity contribution in [3.63, 3.8) is 0 Å². The molecule has 0 heterocycles. The molecule has 0 bridgehead atoms. The Morgan fingerprint density at radius 2 is 1.71 bits per heavy atom. The smallest absolute Gasteiger partial charge is 0.303 e. The van der Waals surface area contributed by atoms with Crippen molar-refractivity contribution in [2.24, 2.45) is 5.92 Å². The van der Waals surface area contributed by atoms with Crippen LogP contribution in [0.4, 0.5) is 4.39 Å². The van der Waals surface area contributed by atoms with Gasteiger partial charge in [-0.1, -0.05) is 32.1 Å². The van der Waals surface area contributed by atoms with E-state index in [0.717, 1.165) is 44.9 Å². The summed E-state index contributed by atoms with van der Waals surface area (Å²) >= 11 is 1.47. The van der Waals surface area contributed by atoms with E-state index < -0.39 is 24.3 Å². The second kappa shape index (κ2) is 13.9. The van der Waals surface area contributed by atoms with Crippen molar-refractivity contribution in [1.82, 2.24) is 0 Å². The van der Waals surface area contributed by atoms with Gasteiger partial charge in [0.25, 0.3) is 0 Å². The van der Waals surface area contributed by atoms with E-state index in [1.54, 1.807) is 0 Å². The largest absolute Gasteiger partial charge is 0.491 e. The number of unbranched alkanes of at least 4 members (excludes halogenated alkanes) is 5. The van der Waals surface area contributed by atoms with Gasteiger partial charge in [0.2, 0.25) is 0 Å². The molecular weight excluding hydrogens is 423 g/mol. The molecule has 1 aromatic carbocycles. The van der Waals surface area contributed by atoms with E-state index in [1.165, 1.54) is 36.0 Å². The summed E-state index contributed by atoms with van der Waals surface area (Å²) < 4.78 is 18.4. The number of ether oxygens (including phenoxy) is 1. The van der Waals surface area contributed by atoms with Gasteiger partial charge in [-0.05, 0) is 43.0 Å². The van der Waals surface area contributed by atoms with E-state index in [9.17, 15) is 24.5 Å². The number of rotatable bonds is 15. The van der Waals surface area contributed by atoms with Crippen LogP contribution in [0.2, 0.25) is 0 Å². The fraction of sp³-hybridized carbons (Fsp3) is 0.696. The Morgan fingerprint density at radius 1 is 1.06 bits per heavy atom. The van der Waals surface area contributed by atoms with Crippen molar-refractivity contribution in [2.75, 3.05) is 12.4 Å². The number of halogens is 1. The highest BCUT2D eigenvalue weighted by molar-refractivity contribution is 8.00. The van der Waals surface area contributed by atoms with E-state index in [4.69, 9.17) is 9.84 Å². The fourth-order valence-corrected chi connectivity index (χ4v) is 5.45. The van der Waals surface area contributed by atoms with Crippen LogP contribution >= 0.6 is 11.8 Å². The molecule has 0 amide bonds. The molecule has 176 valence electrons. The predicted octanol–water partition coefficient (Wildman–Crippen LogP) is 3.61. The number of aliphatic carboxylic acids is 1. The van der Waals surface area contributed by atoms with E-state index >= 15 is 0 Å². The third-order valence-electron chi connectivity index (χ3n) is 5.69. The summed E-state index contributed by atoms with van der Waals surface area (Å²) in [4.78, 5) is 10.5. The summed E-state index contributed by atoms with van der Waals surface area (Å²) in [7, 11) is 0. The van der Waals surface area contributed by atoms with Gasteiger partial charge in [-0.2, -0.15) is 11.8 Å². The average molecular weight is 459 g/mol. The molecule has 0 radical (unpaired) electrons. The van der Waals surface area contributed by atoms with E-state index in [-0.39, 0.29) is 30.0 Å². The third-order valence-corrected chi connectivity index (χ3v) is 7.32. The molecule has 1 aromatic rings. The monoisotopic (exact) mass is 458 g/mol. The van der Waals surface area contributed by atoms with Crippen molar-refractivity contribution in [1.29, 1.82) is 0 Å². The molecular formula is C23H35FO6S.